The highest BCUT2D eigenvalue weighted by molar-refractivity contribution is 9.09. The molecule has 22 heavy (non-hydrogen) atoms. The van der Waals surface area contributed by atoms with Gasteiger partial charge in [0.15, 0.2) is 0 Å². The topological polar surface area (TPSA) is 26.3 Å². The number of halogens is 2. The zero-order chi connectivity index (χ0) is 16.1. The number of benzene rings is 2. The van der Waals surface area contributed by atoms with Crippen LogP contribution < -0.4 is 0 Å². The van der Waals surface area contributed by atoms with Crippen LogP contribution in [0.4, 0.5) is 4.39 Å². The number of carbonyl (C=O) groups is 1. The number of hydrogen-bond donors (Lipinski definition) is 0. The van der Waals surface area contributed by atoms with Gasteiger partial charge in [0.1, 0.15) is 11.6 Å². The van der Waals surface area contributed by atoms with Gasteiger partial charge in [-0.05, 0) is 42.7 Å². The SMILES string of the molecule is Cc1ccccc1/C(=C(\OC=O)C(C)Br)c1cccc(F)c1. The van der Waals surface area contributed by atoms with Crippen LogP contribution in [0.25, 0.3) is 5.57 Å². The lowest BCUT2D eigenvalue weighted by molar-refractivity contribution is -0.125. The molecule has 0 aromatic heterocycles. The van der Waals surface area contributed by atoms with Crippen LogP contribution >= 0.6 is 15.9 Å². The van der Waals surface area contributed by atoms with Gasteiger partial charge in [-0.2, -0.15) is 0 Å². The molecule has 0 N–H and O–H groups in total. The average Bonchev–Trinajstić information content (AvgIpc) is 2.48. The second-order valence-corrected chi connectivity index (χ2v) is 6.27. The summed E-state index contributed by atoms with van der Waals surface area (Å²) in [6.07, 6.45) is 0. The molecule has 0 aliphatic carbocycles. The van der Waals surface area contributed by atoms with Gasteiger partial charge in [-0.15, -0.1) is 0 Å². The van der Waals surface area contributed by atoms with Gasteiger partial charge in [0.05, 0.1) is 4.83 Å². The van der Waals surface area contributed by atoms with Crippen molar-refractivity contribution in [1.29, 1.82) is 0 Å². The van der Waals surface area contributed by atoms with Gasteiger partial charge >= 0.3 is 0 Å². The molecule has 0 heterocycles. The smallest absolute Gasteiger partial charge is 0.298 e. The molecule has 4 heteroatoms. The Morgan fingerprint density at radius 3 is 2.55 bits per heavy atom. The molecule has 2 rings (SSSR count). The Balaban J connectivity index is 2.77. The largest absolute Gasteiger partial charge is 0.431 e. The van der Waals surface area contributed by atoms with Gasteiger partial charge < -0.3 is 4.74 Å². The van der Waals surface area contributed by atoms with E-state index in [1.807, 2.05) is 38.1 Å². The number of rotatable bonds is 5. The maximum Gasteiger partial charge on any atom is 0.298 e. The third-order valence-electron chi connectivity index (χ3n) is 3.31. The summed E-state index contributed by atoms with van der Waals surface area (Å²) in [5, 5.41) is 0. The van der Waals surface area contributed by atoms with E-state index in [1.54, 1.807) is 12.1 Å². The zero-order valence-electron chi connectivity index (χ0n) is 12.3. The molecule has 0 saturated heterocycles. The average molecular weight is 363 g/mol. The highest BCUT2D eigenvalue weighted by Gasteiger charge is 2.19. The molecule has 0 radical (unpaired) electrons. The Bertz CT molecular complexity index is 708. The van der Waals surface area contributed by atoms with Crippen molar-refractivity contribution in [1.82, 2.24) is 0 Å². The van der Waals surface area contributed by atoms with Gasteiger partial charge in [0.25, 0.3) is 6.47 Å². The first-order valence-corrected chi connectivity index (χ1v) is 7.76. The molecule has 0 amide bonds. The Labute approximate surface area is 137 Å². The number of allylic oxidation sites excluding steroid dienone is 1. The fraction of sp³-hybridized carbons (Fsp3) is 0.167. The monoisotopic (exact) mass is 362 g/mol. The van der Waals surface area contributed by atoms with Gasteiger partial charge in [-0.25, -0.2) is 4.39 Å². The highest BCUT2D eigenvalue weighted by Crippen LogP contribution is 2.33. The number of aryl methyl sites for hydroxylation is 1. The van der Waals surface area contributed by atoms with E-state index in [-0.39, 0.29) is 10.6 Å². The van der Waals surface area contributed by atoms with Crippen LogP contribution in [0.15, 0.2) is 54.3 Å². The molecule has 0 fully saturated rings. The van der Waals surface area contributed by atoms with Crippen molar-refractivity contribution in [2.24, 2.45) is 0 Å². The lowest BCUT2D eigenvalue weighted by Gasteiger charge is -2.18. The summed E-state index contributed by atoms with van der Waals surface area (Å²) >= 11 is 3.44. The fourth-order valence-electron chi connectivity index (χ4n) is 2.33. The van der Waals surface area contributed by atoms with E-state index in [4.69, 9.17) is 4.74 Å². The van der Waals surface area contributed by atoms with Gasteiger partial charge in [-0.1, -0.05) is 52.3 Å². The second-order valence-electron chi connectivity index (χ2n) is 4.89. The molecule has 0 spiro atoms. The Morgan fingerprint density at radius 2 is 1.95 bits per heavy atom. The van der Waals surface area contributed by atoms with Crippen LogP contribution in [0.1, 0.15) is 23.6 Å². The van der Waals surface area contributed by atoms with Crippen LogP contribution in [-0.4, -0.2) is 11.3 Å². The molecule has 1 atom stereocenters. The number of ether oxygens (including phenoxy) is 1. The number of alkyl halides is 1. The molecule has 1 unspecified atom stereocenters. The standard InChI is InChI=1S/C18H16BrFO2/c1-12-6-3-4-9-16(12)17(18(13(2)19)22-11-21)14-7-5-8-15(20)10-14/h3-11,13H,1-2H3/b18-17-. The van der Waals surface area contributed by atoms with E-state index < -0.39 is 0 Å². The zero-order valence-corrected chi connectivity index (χ0v) is 13.9. The summed E-state index contributed by atoms with van der Waals surface area (Å²) < 4.78 is 18.8. The van der Waals surface area contributed by atoms with Crippen molar-refractivity contribution in [2.75, 3.05) is 0 Å². The quantitative estimate of drug-likeness (QED) is 0.431. The molecule has 0 aliphatic rings. The molecular formula is C18H16BrFO2. The van der Waals surface area contributed by atoms with Crippen LogP contribution in [0, 0.1) is 12.7 Å². The van der Waals surface area contributed by atoms with Crippen molar-refractivity contribution in [3.8, 4) is 0 Å². The number of carbonyl (C=O) groups excluding carboxylic acids is 1. The summed E-state index contributed by atoms with van der Waals surface area (Å²) in [4.78, 5) is 10.7. The molecule has 2 nitrogen and oxygen atoms in total. The second kappa shape index (κ2) is 7.36. The van der Waals surface area contributed by atoms with Gasteiger partial charge in [0.2, 0.25) is 0 Å². The summed E-state index contributed by atoms with van der Waals surface area (Å²) in [6.45, 7) is 4.22. The summed E-state index contributed by atoms with van der Waals surface area (Å²) in [5.41, 5.74) is 3.28. The molecular weight excluding hydrogens is 347 g/mol. The van der Waals surface area contributed by atoms with Crippen molar-refractivity contribution >= 4 is 28.0 Å². The Morgan fingerprint density at radius 1 is 1.23 bits per heavy atom. The first-order chi connectivity index (χ1) is 10.5. The van der Waals surface area contributed by atoms with Crippen LogP contribution in [-0.2, 0) is 9.53 Å². The third-order valence-corrected chi connectivity index (χ3v) is 3.73. The van der Waals surface area contributed by atoms with E-state index in [0.717, 1.165) is 11.1 Å². The van der Waals surface area contributed by atoms with E-state index in [1.165, 1.54) is 12.1 Å². The minimum atomic E-state index is -0.337. The molecule has 0 bridgehead atoms. The Kier molecular flexibility index (Phi) is 5.50. The first-order valence-electron chi connectivity index (χ1n) is 6.85. The van der Waals surface area contributed by atoms with Crippen LogP contribution in [0.2, 0.25) is 0 Å². The maximum absolute atomic E-state index is 13.6. The van der Waals surface area contributed by atoms with Crippen LogP contribution in [0.5, 0.6) is 0 Å². The lowest BCUT2D eigenvalue weighted by atomic mass is 9.92. The molecule has 0 saturated carbocycles. The predicted octanol–water partition coefficient (Wildman–Crippen LogP) is 4.85. The summed E-state index contributed by atoms with van der Waals surface area (Å²) in [5.74, 6) is 0.117. The van der Waals surface area contributed by atoms with E-state index in [9.17, 15) is 9.18 Å². The predicted molar refractivity (Wildman–Crippen MR) is 89.1 cm³/mol. The van der Waals surface area contributed by atoms with E-state index in [2.05, 4.69) is 15.9 Å². The normalized spacial score (nSPS) is 13.3. The van der Waals surface area contributed by atoms with Crippen LogP contribution in [0.3, 0.4) is 0 Å². The van der Waals surface area contributed by atoms with Gasteiger partial charge in [-0.3, -0.25) is 4.79 Å². The summed E-state index contributed by atoms with van der Waals surface area (Å²) in [7, 11) is 0. The van der Waals surface area contributed by atoms with Crippen molar-refractivity contribution in [3.63, 3.8) is 0 Å². The summed E-state index contributed by atoms with van der Waals surface area (Å²) in [6, 6.07) is 14.0. The molecule has 2 aromatic rings. The van der Waals surface area contributed by atoms with Crippen molar-refractivity contribution in [2.45, 2.75) is 18.7 Å². The molecule has 114 valence electrons. The third kappa shape index (κ3) is 3.63. The minimum absolute atomic E-state index is 0.199. The maximum atomic E-state index is 13.6. The highest BCUT2D eigenvalue weighted by atomic mass is 79.9. The minimum Gasteiger partial charge on any atom is -0.431 e. The van der Waals surface area contributed by atoms with E-state index in [0.29, 0.717) is 23.4 Å². The fourth-order valence-corrected chi connectivity index (χ4v) is 2.67. The molecule has 0 aliphatic heterocycles. The Hall–Kier alpha value is -1.94. The van der Waals surface area contributed by atoms with Crippen molar-refractivity contribution in [3.05, 3.63) is 76.8 Å². The van der Waals surface area contributed by atoms with Gasteiger partial charge in [0, 0.05) is 5.57 Å². The number of hydrogen-bond acceptors (Lipinski definition) is 2. The lowest BCUT2D eigenvalue weighted by Crippen LogP contribution is -2.07. The molecule has 2 aromatic carbocycles. The first kappa shape index (κ1) is 16.4. The van der Waals surface area contributed by atoms with E-state index >= 15 is 0 Å². The van der Waals surface area contributed by atoms with Crippen molar-refractivity contribution < 1.29 is 13.9 Å².